The minimum Gasteiger partial charge on any atom is -0.122 e. The SMILES string of the molecule is ClC/C=C\CC(Cl)(Cl)Cl. The van der Waals surface area contributed by atoms with Gasteiger partial charge < -0.3 is 0 Å². The van der Waals surface area contributed by atoms with Gasteiger partial charge in [0.25, 0.3) is 0 Å². The van der Waals surface area contributed by atoms with Crippen LogP contribution in [0.5, 0.6) is 0 Å². The van der Waals surface area contributed by atoms with Crippen molar-refractivity contribution in [2.24, 2.45) is 0 Å². The highest BCUT2D eigenvalue weighted by atomic mass is 35.6. The van der Waals surface area contributed by atoms with Gasteiger partial charge in [0.1, 0.15) is 0 Å². The molecule has 0 rings (SSSR count). The van der Waals surface area contributed by atoms with Crippen LogP contribution in [0.1, 0.15) is 6.42 Å². The summed E-state index contributed by atoms with van der Waals surface area (Å²) >= 11 is 21.5. The van der Waals surface area contributed by atoms with E-state index in [4.69, 9.17) is 46.4 Å². The summed E-state index contributed by atoms with van der Waals surface area (Å²) in [7, 11) is 0. The van der Waals surface area contributed by atoms with Gasteiger partial charge in [-0.15, -0.1) is 11.6 Å². The second-order valence-corrected chi connectivity index (χ2v) is 4.27. The summed E-state index contributed by atoms with van der Waals surface area (Å²) in [4.78, 5) is 0. The Kier molecular flexibility index (Phi) is 5.14. The van der Waals surface area contributed by atoms with E-state index in [1.165, 1.54) is 0 Å². The molecule has 9 heavy (non-hydrogen) atoms. The Labute approximate surface area is 74.7 Å². The van der Waals surface area contributed by atoms with Crippen molar-refractivity contribution in [3.8, 4) is 0 Å². The van der Waals surface area contributed by atoms with Crippen molar-refractivity contribution in [2.75, 3.05) is 5.88 Å². The Hall–Kier alpha value is 0.900. The third-order valence-electron chi connectivity index (χ3n) is 0.605. The van der Waals surface area contributed by atoms with E-state index in [0.717, 1.165) is 0 Å². The van der Waals surface area contributed by atoms with Crippen LogP contribution in [0.3, 0.4) is 0 Å². The zero-order valence-corrected chi connectivity index (χ0v) is 7.60. The van der Waals surface area contributed by atoms with Gasteiger partial charge in [0.05, 0.1) is 0 Å². The second-order valence-electron chi connectivity index (χ2n) is 1.45. The zero-order valence-electron chi connectivity index (χ0n) is 4.58. The second kappa shape index (κ2) is 4.68. The predicted molar refractivity (Wildman–Crippen MR) is 44.8 cm³/mol. The monoisotopic (exact) mass is 206 g/mol. The molecule has 0 aromatic carbocycles. The van der Waals surface area contributed by atoms with E-state index in [1.807, 2.05) is 0 Å². The molecule has 0 spiro atoms. The maximum Gasteiger partial charge on any atom is 0.194 e. The Morgan fingerprint density at radius 3 is 2.00 bits per heavy atom. The van der Waals surface area contributed by atoms with E-state index in [9.17, 15) is 0 Å². The number of allylic oxidation sites excluding steroid dienone is 2. The lowest BCUT2D eigenvalue weighted by molar-refractivity contribution is 1.07. The third-order valence-corrected chi connectivity index (χ3v) is 1.25. The number of hydrogen-bond donors (Lipinski definition) is 0. The lowest BCUT2D eigenvalue weighted by Gasteiger charge is -2.04. The largest absolute Gasteiger partial charge is 0.194 e. The predicted octanol–water partition coefficient (Wildman–Crippen LogP) is 3.54. The molecule has 0 saturated carbocycles. The molecule has 0 unspecified atom stereocenters. The average Bonchev–Trinajstić information content (AvgIpc) is 1.63. The zero-order chi connectivity index (χ0) is 7.33. The van der Waals surface area contributed by atoms with E-state index < -0.39 is 3.79 Å². The summed E-state index contributed by atoms with van der Waals surface area (Å²) in [6.07, 6.45) is 3.88. The minimum absolute atomic E-state index is 0.407. The Morgan fingerprint density at radius 2 is 1.67 bits per heavy atom. The van der Waals surface area contributed by atoms with Gasteiger partial charge in [-0.05, 0) is 0 Å². The van der Waals surface area contributed by atoms with Crippen LogP contribution in [-0.2, 0) is 0 Å². The normalized spacial score (nSPS) is 12.9. The Morgan fingerprint density at radius 1 is 1.11 bits per heavy atom. The van der Waals surface area contributed by atoms with Crippen LogP contribution in [-0.4, -0.2) is 9.67 Å². The van der Waals surface area contributed by atoms with Crippen LogP contribution in [0.2, 0.25) is 0 Å². The lowest BCUT2D eigenvalue weighted by atomic mass is 10.4. The first kappa shape index (κ1) is 9.90. The smallest absolute Gasteiger partial charge is 0.122 e. The fraction of sp³-hybridized carbons (Fsp3) is 0.600. The highest BCUT2D eigenvalue weighted by Crippen LogP contribution is 2.30. The summed E-state index contributed by atoms with van der Waals surface area (Å²) in [5.74, 6) is 0.459. The molecular formula is C5H6Cl4. The first-order valence-electron chi connectivity index (χ1n) is 2.34. The molecule has 0 aliphatic rings. The molecule has 0 radical (unpaired) electrons. The van der Waals surface area contributed by atoms with Crippen molar-refractivity contribution in [1.82, 2.24) is 0 Å². The van der Waals surface area contributed by atoms with Gasteiger partial charge in [0.15, 0.2) is 3.79 Å². The molecule has 0 bridgehead atoms. The van der Waals surface area contributed by atoms with E-state index >= 15 is 0 Å². The molecule has 4 heteroatoms. The molecular weight excluding hydrogens is 202 g/mol. The maximum absolute atomic E-state index is 5.41. The average molecular weight is 208 g/mol. The van der Waals surface area contributed by atoms with Crippen molar-refractivity contribution in [2.45, 2.75) is 10.2 Å². The van der Waals surface area contributed by atoms with Gasteiger partial charge in [0.2, 0.25) is 0 Å². The van der Waals surface area contributed by atoms with Crippen molar-refractivity contribution in [3.05, 3.63) is 12.2 Å². The Balaban J connectivity index is 3.38. The Bertz CT molecular complexity index is 91.6. The molecule has 0 aliphatic heterocycles. The minimum atomic E-state index is -1.18. The van der Waals surface area contributed by atoms with E-state index in [2.05, 4.69) is 0 Å². The number of rotatable bonds is 2. The molecule has 0 aliphatic carbocycles. The summed E-state index contributed by atoms with van der Waals surface area (Å²) in [5, 5.41) is 0. The van der Waals surface area contributed by atoms with E-state index in [0.29, 0.717) is 12.3 Å². The molecule has 0 fully saturated rings. The van der Waals surface area contributed by atoms with Gasteiger partial charge in [0, 0.05) is 12.3 Å². The highest BCUT2D eigenvalue weighted by Gasteiger charge is 2.16. The molecule has 0 heterocycles. The number of halogens is 4. The van der Waals surface area contributed by atoms with Crippen LogP contribution >= 0.6 is 46.4 Å². The molecule has 0 saturated heterocycles. The van der Waals surface area contributed by atoms with Crippen LogP contribution in [0.25, 0.3) is 0 Å². The van der Waals surface area contributed by atoms with Gasteiger partial charge in [-0.3, -0.25) is 0 Å². The molecule has 0 aromatic heterocycles. The number of alkyl halides is 4. The molecule has 0 aromatic rings. The van der Waals surface area contributed by atoms with E-state index in [-0.39, 0.29) is 0 Å². The number of hydrogen-bond acceptors (Lipinski definition) is 0. The van der Waals surface area contributed by atoms with Crippen molar-refractivity contribution in [3.63, 3.8) is 0 Å². The first-order chi connectivity index (χ1) is 4.06. The summed E-state index contributed by atoms with van der Waals surface area (Å²) < 4.78 is -1.18. The topological polar surface area (TPSA) is 0 Å². The van der Waals surface area contributed by atoms with Gasteiger partial charge in [-0.1, -0.05) is 47.0 Å². The van der Waals surface area contributed by atoms with Crippen LogP contribution in [0.4, 0.5) is 0 Å². The summed E-state index contributed by atoms with van der Waals surface area (Å²) in [6, 6.07) is 0. The molecule has 0 atom stereocenters. The van der Waals surface area contributed by atoms with Crippen LogP contribution in [0.15, 0.2) is 12.2 Å². The standard InChI is InChI=1S/C5H6Cl4/c6-4-2-1-3-5(7,8)9/h1-2H,3-4H2/b2-1-. The van der Waals surface area contributed by atoms with Crippen LogP contribution < -0.4 is 0 Å². The van der Waals surface area contributed by atoms with Crippen molar-refractivity contribution in [1.29, 1.82) is 0 Å². The fourth-order valence-corrected chi connectivity index (χ4v) is 0.673. The molecule has 0 amide bonds. The summed E-state index contributed by atoms with van der Waals surface area (Å²) in [6.45, 7) is 0. The van der Waals surface area contributed by atoms with Crippen LogP contribution in [0, 0.1) is 0 Å². The maximum atomic E-state index is 5.41. The van der Waals surface area contributed by atoms with Gasteiger partial charge in [-0.25, -0.2) is 0 Å². The molecule has 0 nitrogen and oxygen atoms in total. The van der Waals surface area contributed by atoms with Crippen molar-refractivity contribution >= 4 is 46.4 Å². The summed E-state index contributed by atoms with van der Waals surface area (Å²) in [5.41, 5.74) is 0. The molecule has 54 valence electrons. The van der Waals surface area contributed by atoms with Gasteiger partial charge >= 0.3 is 0 Å². The quantitative estimate of drug-likeness (QED) is 0.480. The highest BCUT2D eigenvalue weighted by molar-refractivity contribution is 6.67. The van der Waals surface area contributed by atoms with Gasteiger partial charge in [-0.2, -0.15) is 0 Å². The fourth-order valence-electron chi connectivity index (χ4n) is 0.280. The van der Waals surface area contributed by atoms with E-state index in [1.54, 1.807) is 12.2 Å². The third kappa shape index (κ3) is 8.90. The lowest BCUT2D eigenvalue weighted by Crippen LogP contribution is -1.97. The first-order valence-corrected chi connectivity index (χ1v) is 4.01. The van der Waals surface area contributed by atoms with Crippen molar-refractivity contribution < 1.29 is 0 Å². The molecule has 0 N–H and O–H groups in total.